The van der Waals surface area contributed by atoms with Gasteiger partial charge >= 0.3 is 0 Å². The standard InChI is InChI=1S/C12H16N6.HI/c1-10-2-5-13-12(15-10)17-7-3-11(4-8-17)18-9-6-14-16-18;/h2,5-6,9,11H,3-4,7-8H2,1H3;1H. The Labute approximate surface area is 129 Å². The first-order valence-electron chi connectivity index (χ1n) is 6.23. The molecule has 7 heteroatoms. The van der Waals surface area contributed by atoms with E-state index in [2.05, 4.69) is 25.2 Å². The van der Waals surface area contributed by atoms with Crippen LogP contribution in [0.25, 0.3) is 0 Å². The molecule has 0 spiro atoms. The third kappa shape index (κ3) is 3.20. The van der Waals surface area contributed by atoms with Crippen molar-refractivity contribution in [2.24, 2.45) is 0 Å². The normalized spacial score (nSPS) is 16.2. The van der Waals surface area contributed by atoms with Gasteiger partial charge in [-0.25, -0.2) is 14.6 Å². The first kappa shape index (κ1) is 14.2. The van der Waals surface area contributed by atoms with E-state index in [0.29, 0.717) is 6.04 Å². The van der Waals surface area contributed by atoms with Crippen molar-refractivity contribution in [1.29, 1.82) is 0 Å². The molecule has 19 heavy (non-hydrogen) atoms. The average Bonchev–Trinajstić information content (AvgIpc) is 2.93. The molecule has 0 saturated carbocycles. The highest BCUT2D eigenvalue weighted by molar-refractivity contribution is 14.0. The quantitative estimate of drug-likeness (QED) is 0.753. The van der Waals surface area contributed by atoms with Gasteiger partial charge < -0.3 is 4.90 Å². The Balaban J connectivity index is 0.00000133. The van der Waals surface area contributed by atoms with E-state index in [1.807, 2.05) is 30.1 Å². The molecule has 0 atom stereocenters. The highest BCUT2D eigenvalue weighted by Gasteiger charge is 2.22. The fourth-order valence-electron chi connectivity index (χ4n) is 2.33. The van der Waals surface area contributed by atoms with E-state index in [0.717, 1.165) is 37.6 Å². The summed E-state index contributed by atoms with van der Waals surface area (Å²) < 4.78 is 1.95. The van der Waals surface area contributed by atoms with Crippen molar-refractivity contribution in [2.75, 3.05) is 18.0 Å². The van der Waals surface area contributed by atoms with E-state index in [9.17, 15) is 0 Å². The van der Waals surface area contributed by atoms with Crippen molar-refractivity contribution >= 4 is 29.9 Å². The van der Waals surface area contributed by atoms with Crippen molar-refractivity contribution < 1.29 is 0 Å². The highest BCUT2D eigenvalue weighted by Crippen LogP contribution is 2.23. The van der Waals surface area contributed by atoms with Gasteiger partial charge in [0.2, 0.25) is 5.95 Å². The van der Waals surface area contributed by atoms with E-state index in [-0.39, 0.29) is 24.0 Å². The van der Waals surface area contributed by atoms with Gasteiger partial charge in [0.15, 0.2) is 0 Å². The molecule has 0 radical (unpaired) electrons. The topological polar surface area (TPSA) is 59.7 Å². The van der Waals surface area contributed by atoms with Crippen LogP contribution in [-0.4, -0.2) is 38.1 Å². The van der Waals surface area contributed by atoms with Crippen molar-refractivity contribution in [3.8, 4) is 0 Å². The predicted molar refractivity (Wildman–Crippen MR) is 82.7 cm³/mol. The monoisotopic (exact) mass is 372 g/mol. The zero-order valence-corrected chi connectivity index (χ0v) is 13.1. The maximum Gasteiger partial charge on any atom is 0.225 e. The summed E-state index contributed by atoms with van der Waals surface area (Å²) in [7, 11) is 0. The molecule has 0 bridgehead atoms. The molecule has 0 aromatic carbocycles. The van der Waals surface area contributed by atoms with Gasteiger partial charge in [-0.3, -0.25) is 0 Å². The maximum absolute atomic E-state index is 4.46. The van der Waals surface area contributed by atoms with Crippen LogP contribution in [0.15, 0.2) is 24.7 Å². The first-order chi connectivity index (χ1) is 8.83. The molecule has 2 aromatic heterocycles. The average molecular weight is 372 g/mol. The predicted octanol–water partition coefficient (Wildman–Crippen LogP) is 1.84. The zero-order chi connectivity index (χ0) is 12.4. The van der Waals surface area contributed by atoms with E-state index >= 15 is 0 Å². The molecule has 1 aliphatic rings. The molecule has 1 fully saturated rings. The van der Waals surface area contributed by atoms with Crippen LogP contribution in [0.2, 0.25) is 0 Å². The van der Waals surface area contributed by atoms with Crippen molar-refractivity contribution in [3.05, 3.63) is 30.4 Å². The smallest absolute Gasteiger partial charge is 0.225 e. The van der Waals surface area contributed by atoms with Crippen LogP contribution < -0.4 is 4.90 Å². The number of piperidine rings is 1. The van der Waals surface area contributed by atoms with Crippen molar-refractivity contribution in [3.63, 3.8) is 0 Å². The van der Waals surface area contributed by atoms with Gasteiger partial charge in [-0.05, 0) is 25.8 Å². The van der Waals surface area contributed by atoms with Crippen molar-refractivity contribution in [1.82, 2.24) is 25.0 Å². The summed E-state index contributed by atoms with van der Waals surface area (Å²) in [5, 5.41) is 7.93. The molecule has 1 aliphatic heterocycles. The summed E-state index contributed by atoms with van der Waals surface area (Å²) in [6, 6.07) is 2.37. The molecule has 3 heterocycles. The SMILES string of the molecule is Cc1ccnc(N2CCC(n3ccnn3)CC2)n1.I. The van der Waals surface area contributed by atoms with Gasteiger partial charge in [-0.15, -0.1) is 29.1 Å². The van der Waals surface area contributed by atoms with Gasteiger partial charge in [0.1, 0.15) is 0 Å². The Kier molecular flexibility index (Phi) is 4.67. The minimum absolute atomic E-state index is 0. The molecule has 6 nitrogen and oxygen atoms in total. The largest absolute Gasteiger partial charge is 0.341 e. The van der Waals surface area contributed by atoms with E-state index < -0.39 is 0 Å². The van der Waals surface area contributed by atoms with Crippen LogP contribution in [0.1, 0.15) is 24.6 Å². The third-order valence-corrected chi connectivity index (χ3v) is 3.34. The molecule has 0 amide bonds. The second-order valence-corrected chi connectivity index (χ2v) is 4.60. The van der Waals surface area contributed by atoms with Crippen LogP contribution in [0.3, 0.4) is 0 Å². The van der Waals surface area contributed by atoms with Gasteiger partial charge in [0, 0.05) is 31.2 Å². The van der Waals surface area contributed by atoms with E-state index in [1.165, 1.54) is 0 Å². The summed E-state index contributed by atoms with van der Waals surface area (Å²) in [5.41, 5.74) is 1.01. The summed E-state index contributed by atoms with van der Waals surface area (Å²) in [6.45, 7) is 3.93. The molecule has 0 unspecified atom stereocenters. The number of aryl methyl sites for hydroxylation is 1. The van der Waals surface area contributed by atoms with Crippen LogP contribution in [0.4, 0.5) is 5.95 Å². The molecule has 0 aliphatic carbocycles. The number of nitrogens with zero attached hydrogens (tertiary/aromatic N) is 6. The summed E-state index contributed by atoms with van der Waals surface area (Å²) in [6.07, 6.45) is 7.60. The van der Waals surface area contributed by atoms with Crippen LogP contribution in [-0.2, 0) is 0 Å². The molecule has 0 N–H and O–H groups in total. The van der Waals surface area contributed by atoms with Crippen molar-refractivity contribution in [2.45, 2.75) is 25.8 Å². The van der Waals surface area contributed by atoms with Gasteiger partial charge in [0.25, 0.3) is 0 Å². The van der Waals surface area contributed by atoms with E-state index in [1.54, 1.807) is 6.20 Å². The van der Waals surface area contributed by atoms with Crippen LogP contribution >= 0.6 is 24.0 Å². The van der Waals surface area contributed by atoms with Gasteiger partial charge in [-0.1, -0.05) is 5.21 Å². The Morgan fingerprint density at radius 1 is 1.21 bits per heavy atom. The molecular weight excluding hydrogens is 355 g/mol. The molecule has 102 valence electrons. The number of aromatic nitrogens is 5. The lowest BCUT2D eigenvalue weighted by Crippen LogP contribution is -2.36. The molecule has 2 aromatic rings. The molecular formula is C12H17IN6. The minimum atomic E-state index is 0. The van der Waals surface area contributed by atoms with Gasteiger partial charge in [0.05, 0.1) is 12.2 Å². The lowest BCUT2D eigenvalue weighted by Gasteiger charge is -2.31. The van der Waals surface area contributed by atoms with E-state index in [4.69, 9.17) is 0 Å². The summed E-state index contributed by atoms with van der Waals surface area (Å²) >= 11 is 0. The van der Waals surface area contributed by atoms with Gasteiger partial charge in [-0.2, -0.15) is 0 Å². The second kappa shape index (κ2) is 6.27. The zero-order valence-electron chi connectivity index (χ0n) is 10.8. The lowest BCUT2D eigenvalue weighted by molar-refractivity contribution is 0.358. The Hall–Kier alpha value is -1.25. The van der Waals surface area contributed by atoms with Crippen LogP contribution in [0, 0.1) is 6.92 Å². The maximum atomic E-state index is 4.46. The molecule has 1 saturated heterocycles. The Morgan fingerprint density at radius 2 is 2.00 bits per heavy atom. The lowest BCUT2D eigenvalue weighted by atomic mass is 10.1. The number of hydrogen-bond donors (Lipinski definition) is 0. The number of rotatable bonds is 2. The third-order valence-electron chi connectivity index (χ3n) is 3.34. The highest BCUT2D eigenvalue weighted by atomic mass is 127. The fraction of sp³-hybridized carbons (Fsp3) is 0.500. The second-order valence-electron chi connectivity index (χ2n) is 4.60. The Morgan fingerprint density at radius 3 is 2.63 bits per heavy atom. The van der Waals surface area contributed by atoms with Crippen LogP contribution in [0.5, 0.6) is 0 Å². The number of halogens is 1. The minimum Gasteiger partial charge on any atom is -0.341 e. The number of hydrogen-bond acceptors (Lipinski definition) is 5. The fourth-order valence-corrected chi connectivity index (χ4v) is 2.33. The Bertz CT molecular complexity index is 507. The molecule has 3 rings (SSSR count). The number of anilines is 1. The first-order valence-corrected chi connectivity index (χ1v) is 6.23. The summed E-state index contributed by atoms with van der Waals surface area (Å²) in [5.74, 6) is 0.840. The summed E-state index contributed by atoms with van der Waals surface area (Å²) in [4.78, 5) is 11.0.